The van der Waals surface area contributed by atoms with Gasteiger partial charge in [-0.05, 0) is 49.8 Å². The highest BCUT2D eigenvalue weighted by molar-refractivity contribution is 5.24. The number of nitrogens with one attached hydrogen (secondary N) is 1. The van der Waals surface area contributed by atoms with Crippen LogP contribution in [-0.2, 0) is 0 Å². The fourth-order valence-corrected chi connectivity index (χ4v) is 3.93. The summed E-state index contributed by atoms with van der Waals surface area (Å²) >= 11 is 0. The second-order valence-electron chi connectivity index (χ2n) is 6.85. The Balaban J connectivity index is 1.42. The number of alkyl halides is 2. The van der Waals surface area contributed by atoms with E-state index in [-0.39, 0.29) is 6.54 Å². The molecule has 2 aliphatic rings. The number of halogens is 2. The van der Waals surface area contributed by atoms with Crippen molar-refractivity contribution in [1.29, 1.82) is 0 Å². The van der Waals surface area contributed by atoms with Gasteiger partial charge in [-0.25, -0.2) is 8.78 Å². The highest BCUT2D eigenvalue weighted by Gasteiger charge is 2.39. The number of nitrogens with zero attached hydrogens (tertiary/aromatic N) is 1. The third kappa shape index (κ3) is 3.66. The molecular weight excluding hydrogens is 282 g/mol. The van der Waals surface area contributed by atoms with E-state index >= 15 is 0 Å². The summed E-state index contributed by atoms with van der Waals surface area (Å²) in [5.74, 6) is 1.32. The van der Waals surface area contributed by atoms with Crippen molar-refractivity contribution in [2.45, 2.75) is 50.6 Å². The maximum Gasteiger partial charge on any atom is 0.251 e. The minimum absolute atomic E-state index is 0.0668. The second-order valence-corrected chi connectivity index (χ2v) is 6.85. The third-order valence-corrected chi connectivity index (χ3v) is 5.44. The monoisotopic (exact) mass is 308 g/mol. The van der Waals surface area contributed by atoms with Crippen molar-refractivity contribution in [1.82, 2.24) is 10.2 Å². The van der Waals surface area contributed by atoms with Gasteiger partial charge in [0.1, 0.15) is 0 Å². The van der Waals surface area contributed by atoms with Crippen LogP contribution in [0.3, 0.4) is 0 Å². The zero-order valence-electron chi connectivity index (χ0n) is 13.2. The fourth-order valence-electron chi connectivity index (χ4n) is 3.93. The Labute approximate surface area is 131 Å². The van der Waals surface area contributed by atoms with Crippen molar-refractivity contribution >= 4 is 0 Å². The van der Waals surface area contributed by atoms with Crippen LogP contribution in [-0.4, -0.2) is 43.0 Å². The molecule has 1 saturated heterocycles. The summed E-state index contributed by atoms with van der Waals surface area (Å²) in [6.45, 7) is 3.85. The summed E-state index contributed by atoms with van der Waals surface area (Å²) in [5.41, 5.74) is 1.44. The van der Waals surface area contributed by atoms with Gasteiger partial charge in [0.05, 0.1) is 6.54 Å². The minimum Gasteiger partial charge on any atom is -0.311 e. The van der Waals surface area contributed by atoms with Crippen LogP contribution in [0.4, 0.5) is 8.78 Å². The van der Waals surface area contributed by atoms with Crippen LogP contribution >= 0.6 is 0 Å². The Bertz CT molecular complexity index is 457. The molecular formula is C18H26F2N2. The standard InChI is InChI=1S/C18H26F2N2/c1-13-16(14-5-3-2-4-6-14)11-17(13)21-15-7-9-22(10-8-15)12-18(19)20/h2-6,13,15-18,21H,7-12H2,1H3/t13-,16+,17+/m0/s1. The van der Waals surface area contributed by atoms with Gasteiger partial charge in [-0.3, -0.25) is 4.90 Å². The smallest absolute Gasteiger partial charge is 0.251 e. The van der Waals surface area contributed by atoms with Gasteiger partial charge < -0.3 is 5.32 Å². The summed E-state index contributed by atoms with van der Waals surface area (Å²) in [5, 5.41) is 3.76. The first-order chi connectivity index (χ1) is 10.6. The van der Waals surface area contributed by atoms with Crippen LogP contribution in [0.25, 0.3) is 0 Å². The van der Waals surface area contributed by atoms with Crippen LogP contribution in [0, 0.1) is 5.92 Å². The molecule has 4 heteroatoms. The van der Waals surface area contributed by atoms with Crippen LogP contribution in [0.1, 0.15) is 37.7 Å². The molecule has 0 aromatic heterocycles. The number of piperidine rings is 1. The lowest BCUT2D eigenvalue weighted by Crippen LogP contribution is -2.54. The molecule has 1 heterocycles. The van der Waals surface area contributed by atoms with Gasteiger partial charge in [-0.15, -0.1) is 0 Å². The zero-order valence-corrected chi connectivity index (χ0v) is 13.2. The third-order valence-electron chi connectivity index (χ3n) is 5.44. The van der Waals surface area contributed by atoms with E-state index in [9.17, 15) is 8.78 Å². The van der Waals surface area contributed by atoms with E-state index in [2.05, 4.69) is 42.6 Å². The number of likely N-dealkylation sites (tertiary alicyclic amines) is 1. The quantitative estimate of drug-likeness (QED) is 0.895. The minimum atomic E-state index is -2.21. The molecule has 1 aromatic rings. The van der Waals surface area contributed by atoms with Crippen molar-refractivity contribution in [3.63, 3.8) is 0 Å². The average molecular weight is 308 g/mol. The van der Waals surface area contributed by atoms with Crippen molar-refractivity contribution in [3.8, 4) is 0 Å². The molecule has 3 atom stereocenters. The van der Waals surface area contributed by atoms with Crippen molar-refractivity contribution in [3.05, 3.63) is 35.9 Å². The van der Waals surface area contributed by atoms with E-state index in [1.807, 2.05) is 4.90 Å². The van der Waals surface area contributed by atoms with Gasteiger partial charge in [0.25, 0.3) is 6.43 Å². The van der Waals surface area contributed by atoms with Crippen LogP contribution in [0.5, 0.6) is 0 Å². The van der Waals surface area contributed by atoms with Crippen LogP contribution in [0.2, 0.25) is 0 Å². The van der Waals surface area contributed by atoms with Gasteiger partial charge in [-0.1, -0.05) is 37.3 Å². The van der Waals surface area contributed by atoms with Crippen LogP contribution in [0.15, 0.2) is 30.3 Å². The first kappa shape index (κ1) is 15.9. The van der Waals surface area contributed by atoms with E-state index in [0.29, 0.717) is 23.9 Å². The number of rotatable bonds is 5. The van der Waals surface area contributed by atoms with Gasteiger partial charge in [-0.2, -0.15) is 0 Å². The van der Waals surface area contributed by atoms with Gasteiger partial charge in [0, 0.05) is 12.1 Å². The number of benzene rings is 1. The lowest BCUT2D eigenvalue weighted by Gasteiger charge is -2.46. The molecule has 1 saturated carbocycles. The molecule has 1 N–H and O–H groups in total. The maximum atomic E-state index is 12.4. The summed E-state index contributed by atoms with van der Waals surface area (Å²) in [4.78, 5) is 1.89. The van der Waals surface area contributed by atoms with Gasteiger partial charge in [0.2, 0.25) is 0 Å². The summed E-state index contributed by atoms with van der Waals surface area (Å²) in [6.07, 6.45) is 0.975. The molecule has 0 unspecified atom stereocenters. The van der Waals surface area contributed by atoms with E-state index < -0.39 is 6.43 Å². The summed E-state index contributed by atoms with van der Waals surface area (Å²) < 4.78 is 24.8. The van der Waals surface area contributed by atoms with Crippen molar-refractivity contribution < 1.29 is 8.78 Å². The SMILES string of the molecule is C[C@@H]1[C@H](NC2CCN(CC(F)F)CC2)C[C@H]1c1ccccc1. The van der Waals surface area contributed by atoms with Gasteiger partial charge in [0.15, 0.2) is 0 Å². The summed E-state index contributed by atoms with van der Waals surface area (Å²) in [6, 6.07) is 11.8. The Morgan fingerprint density at radius 3 is 2.45 bits per heavy atom. The molecule has 1 aliphatic carbocycles. The Hall–Kier alpha value is -1.00. The van der Waals surface area contributed by atoms with E-state index in [4.69, 9.17) is 0 Å². The topological polar surface area (TPSA) is 15.3 Å². The van der Waals surface area contributed by atoms with Crippen LogP contribution < -0.4 is 5.32 Å². The average Bonchev–Trinajstić information content (AvgIpc) is 2.52. The van der Waals surface area contributed by atoms with E-state index in [1.165, 1.54) is 12.0 Å². The molecule has 0 amide bonds. The first-order valence-corrected chi connectivity index (χ1v) is 8.45. The zero-order chi connectivity index (χ0) is 15.5. The van der Waals surface area contributed by atoms with Crippen molar-refractivity contribution in [2.24, 2.45) is 5.92 Å². The molecule has 3 rings (SSSR count). The fraction of sp³-hybridized carbons (Fsp3) is 0.667. The predicted molar refractivity (Wildman–Crippen MR) is 85.4 cm³/mol. The molecule has 0 radical (unpaired) electrons. The molecule has 22 heavy (non-hydrogen) atoms. The van der Waals surface area contributed by atoms with E-state index in [0.717, 1.165) is 25.9 Å². The number of hydrogen-bond donors (Lipinski definition) is 1. The molecule has 122 valence electrons. The Morgan fingerprint density at radius 2 is 1.86 bits per heavy atom. The van der Waals surface area contributed by atoms with Gasteiger partial charge >= 0.3 is 0 Å². The summed E-state index contributed by atoms with van der Waals surface area (Å²) in [7, 11) is 0. The predicted octanol–water partition coefficient (Wildman–Crippen LogP) is 3.50. The van der Waals surface area contributed by atoms with Crippen molar-refractivity contribution in [2.75, 3.05) is 19.6 Å². The molecule has 1 aliphatic heterocycles. The molecule has 1 aromatic carbocycles. The molecule has 2 fully saturated rings. The maximum absolute atomic E-state index is 12.4. The lowest BCUT2D eigenvalue weighted by molar-refractivity contribution is 0.0668. The molecule has 0 spiro atoms. The largest absolute Gasteiger partial charge is 0.311 e. The Kier molecular flexibility index (Phi) is 5.09. The second kappa shape index (κ2) is 7.05. The highest BCUT2D eigenvalue weighted by atomic mass is 19.3. The Morgan fingerprint density at radius 1 is 1.18 bits per heavy atom. The molecule has 0 bridgehead atoms. The van der Waals surface area contributed by atoms with E-state index in [1.54, 1.807) is 0 Å². The lowest BCUT2D eigenvalue weighted by atomic mass is 9.67. The first-order valence-electron chi connectivity index (χ1n) is 8.45. The molecule has 2 nitrogen and oxygen atoms in total. The number of hydrogen-bond acceptors (Lipinski definition) is 2. The highest BCUT2D eigenvalue weighted by Crippen LogP contribution is 2.42. The normalized spacial score (nSPS) is 30.5.